The zero-order valence-electron chi connectivity index (χ0n) is 15.1. The second kappa shape index (κ2) is 7.26. The molecule has 0 amide bonds. The molecule has 0 aliphatic carbocycles. The van der Waals surface area contributed by atoms with E-state index in [0.29, 0.717) is 38.2 Å². The van der Waals surface area contributed by atoms with Gasteiger partial charge in [0.15, 0.2) is 11.5 Å². The van der Waals surface area contributed by atoms with Gasteiger partial charge in [-0.15, -0.1) is 15.3 Å². The molecule has 3 heterocycles. The van der Waals surface area contributed by atoms with Gasteiger partial charge in [-0.3, -0.25) is 0 Å². The number of halogens is 2. The van der Waals surface area contributed by atoms with E-state index in [1.807, 2.05) is 24.0 Å². The molecule has 4 rings (SSSR count). The first-order chi connectivity index (χ1) is 13.4. The number of aromatic nitrogens is 4. The predicted molar refractivity (Wildman–Crippen MR) is 103 cm³/mol. The van der Waals surface area contributed by atoms with E-state index in [0.717, 1.165) is 23.8 Å². The van der Waals surface area contributed by atoms with Crippen molar-refractivity contribution in [1.82, 2.24) is 24.1 Å². The molecule has 3 aromatic rings. The zero-order chi connectivity index (χ0) is 19.9. The van der Waals surface area contributed by atoms with Crippen LogP contribution < -0.4 is 4.90 Å². The van der Waals surface area contributed by atoms with Crippen LogP contribution in [0.2, 0.25) is 5.02 Å². The van der Waals surface area contributed by atoms with Gasteiger partial charge in [-0.1, -0.05) is 18.5 Å². The first kappa shape index (κ1) is 19.0. The first-order valence-corrected chi connectivity index (χ1v) is 10.6. The van der Waals surface area contributed by atoms with Crippen molar-refractivity contribution in [1.29, 1.82) is 0 Å². The summed E-state index contributed by atoms with van der Waals surface area (Å²) >= 11 is 5.74. The third kappa shape index (κ3) is 3.31. The van der Waals surface area contributed by atoms with Crippen LogP contribution in [0.3, 0.4) is 0 Å². The molecule has 0 atom stereocenters. The molecule has 0 unspecified atom stereocenters. The van der Waals surface area contributed by atoms with E-state index in [1.165, 1.54) is 10.4 Å². The van der Waals surface area contributed by atoms with Crippen LogP contribution in [0.1, 0.15) is 12.7 Å². The number of hydrogen-bond acceptors (Lipinski definition) is 6. The molecular formula is C17H18ClFN6O2S. The second-order valence-corrected chi connectivity index (χ2v) is 8.74. The number of sulfonamides is 1. The fraction of sp³-hybridized carbons (Fsp3) is 0.353. The summed E-state index contributed by atoms with van der Waals surface area (Å²) in [6.07, 6.45) is 0.712. The molecule has 0 N–H and O–H groups in total. The summed E-state index contributed by atoms with van der Waals surface area (Å²) in [4.78, 5) is 2.01. The van der Waals surface area contributed by atoms with E-state index in [2.05, 4.69) is 15.3 Å². The van der Waals surface area contributed by atoms with Gasteiger partial charge in [0, 0.05) is 32.6 Å². The largest absolute Gasteiger partial charge is 0.353 e. The molecule has 8 nitrogen and oxygen atoms in total. The normalized spacial score (nSPS) is 16.0. The standard InChI is InChI=1S/C17H18ClFN6O2S/c1-2-15-20-21-16-5-6-17(22-25(15)16)23-7-9-24(10-8-23)28(26,27)12-3-4-14(19)13(18)11-12/h3-6,11H,2,7-10H2,1H3. The topological polar surface area (TPSA) is 83.7 Å². The summed E-state index contributed by atoms with van der Waals surface area (Å²) < 4.78 is 42.0. The predicted octanol–water partition coefficient (Wildman–Crippen LogP) is 1.99. The Morgan fingerprint density at radius 1 is 1.11 bits per heavy atom. The summed E-state index contributed by atoms with van der Waals surface area (Å²) in [6, 6.07) is 7.14. The Morgan fingerprint density at radius 3 is 2.54 bits per heavy atom. The monoisotopic (exact) mass is 424 g/mol. The summed E-state index contributed by atoms with van der Waals surface area (Å²) in [5.74, 6) is 0.863. The maximum absolute atomic E-state index is 13.3. The van der Waals surface area contributed by atoms with Crippen LogP contribution in [0.5, 0.6) is 0 Å². The Kier molecular flexibility index (Phi) is 4.94. The minimum absolute atomic E-state index is 0.0102. The molecule has 11 heteroatoms. The molecule has 148 valence electrons. The van der Waals surface area contributed by atoms with E-state index < -0.39 is 15.8 Å². The lowest BCUT2D eigenvalue weighted by Crippen LogP contribution is -2.49. The average molecular weight is 425 g/mol. The summed E-state index contributed by atoms with van der Waals surface area (Å²) in [6.45, 7) is 3.53. The van der Waals surface area contributed by atoms with Gasteiger partial charge in [-0.05, 0) is 30.3 Å². The van der Waals surface area contributed by atoms with E-state index >= 15 is 0 Å². The zero-order valence-corrected chi connectivity index (χ0v) is 16.7. The highest BCUT2D eigenvalue weighted by molar-refractivity contribution is 7.89. The van der Waals surface area contributed by atoms with Gasteiger partial charge in [-0.25, -0.2) is 12.8 Å². The smallest absolute Gasteiger partial charge is 0.243 e. The van der Waals surface area contributed by atoms with Crippen molar-refractivity contribution in [2.45, 2.75) is 18.2 Å². The Labute approximate surface area is 166 Å². The maximum Gasteiger partial charge on any atom is 0.243 e. The van der Waals surface area contributed by atoms with Crippen LogP contribution in [-0.4, -0.2) is 58.7 Å². The van der Waals surface area contributed by atoms with Crippen molar-refractivity contribution in [3.8, 4) is 0 Å². The highest BCUT2D eigenvalue weighted by Gasteiger charge is 2.29. The molecule has 1 fully saturated rings. The minimum Gasteiger partial charge on any atom is -0.353 e. The van der Waals surface area contributed by atoms with Gasteiger partial charge >= 0.3 is 0 Å². The molecule has 0 radical (unpaired) electrons. The highest BCUT2D eigenvalue weighted by Crippen LogP contribution is 2.24. The number of anilines is 1. The van der Waals surface area contributed by atoms with Crippen LogP contribution in [0.4, 0.5) is 10.2 Å². The summed E-state index contributed by atoms with van der Waals surface area (Å²) in [5, 5.41) is 12.5. The Balaban J connectivity index is 1.52. The van der Waals surface area contributed by atoms with Crippen molar-refractivity contribution < 1.29 is 12.8 Å². The number of aryl methyl sites for hydroxylation is 1. The fourth-order valence-corrected chi connectivity index (χ4v) is 4.85. The van der Waals surface area contributed by atoms with E-state index in [1.54, 1.807) is 4.52 Å². The number of nitrogens with zero attached hydrogens (tertiary/aromatic N) is 6. The van der Waals surface area contributed by atoms with Crippen LogP contribution >= 0.6 is 11.6 Å². The van der Waals surface area contributed by atoms with E-state index in [-0.39, 0.29) is 9.92 Å². The molecule has 2 aromatic heterocycles. The SMILES string of the molecule is CCc1nnc2ccc(N3CCN(S(=O)(=O)c4ccc(F)c(Cl)c4)CC3)nn12. The fourth-order valence-electron chi connectivity index (χ4n) is 3.16. The van der Waals surface area contributed by atoms with Gasteiger partial charge in [-0.2, -0.15) is 8.82 Å². The average Bonchev–Trinajstić information content (AvgIpc) is 3.12. The molecular weight excluding hydrogens is 407 g/mol. The lowest BCUT2D eigenvalue weighted by Gasteiger charge is -2.34. The summed E-state index contributed by atoms with van der Waals surface area (Å²) in [5.41, 5.74) is 0.676. The van der Waals surface area contributed by atoms with Crippen molar-refractivity contribution in [3.63, 3.8) is 0 Å². The van der Waals surface area contributed by atoms with Crippen molar-refractivity contribution in [2.75, 3.05) is 31.1 Å². The molecule has 28 heavy (non-hydrogen) atoms. The molecule has 0 bridgehead atoms. The number of fused-ring (bicyclic) bond motifs is 1. The third-order valence-corrected chi connectivity index (χ3v) is 6.91. The minimum atomic E-state index is -3.73. The van der Waals surface area contributed by atoms with Gasteiger partial charge in [0.2, 0.25) is 10.0 Å². The van der Waals surface area contributed by atoms with Crippen molar-refractivity contribution >= 4 is 33.1 Å². The lowest BCUT2D eigenvalue weighted by molar-refractivity contribution is 0.383. The second-order valence-electron chi connectivity index (χ2n) is 6.40. The number of piperazine rings is 1. The van der Waals surface area contributed by atoms with Crippen molar-refractivity contribution in [2.24, 2.45) is 0 Å². The van der Waals surface area contributed by atoms with Crippen LogP contribution in [0.25, 0.3) is 5.65 Å². The van der Waals surface area contributed by atoms with E-state index in [9.17, 15) is 12.8 Å². The number of benzene rings is 1. The molecule has 1 aliphatic rings. The quantitative estimate of drug-likeness (QED) is 0.637. The molecule has 0 spiro atoms. The van der Waals surface area contributed by atoms with E-state index in [4.69, 9.17) is 11.6 Å². The third-order valence-electron chi connectivity index (χ3n) is 4.72. The maximum atomic E-state index is 13.3. The molecule has 1 aromatic carbocycles. The lowest BCUT2D eigenvalue weighted by atomic mass is 10.3. The van der Waals surface area contributed by atoms with Gasteiger partial charge in [0.1, 0.15) is 11.6 Å². The highest BCUT2D eigenvalue weighted by atomic mass is 35.5. The first-order valence-electron chi connectivity index (χ1n) is 8.81. The molecule has 0 saturated carbocycles. The van der Waals surface area contributed by atoms with Gasteiger partial charge < -0.3 is 4.90 Å². The number of hydrogen-bond donors (Lipinski definition) is 0. The Hall–Kier alpha value is -2.30. The Bertz CT molecular complexity index is 1130. The number of rotatable bonds is 4. The van der Waals surface area contributed by atoms with Gasteiger partial charge in [0.25, 0.3) is 0 Å². The Morgan fingerprint density at radius 2 is 1.86 bits per heavy atom. The molecule has 1 saturated heterocycles. The molecule has 1 aliphatic heterocycles. The summed E-state index contributed by atoms with van der Waals surface area (Å²) in [7, 11) is -3.73. The van der Waals surface area contributed by atoms with Crippen LogP contribution in [0, 0.1) is 5.82 Å². The van der Waals surface area contributed by atoms with Gasteiger partial charge in [0.05, 0.1) is 9.92 Å². The van der Waals surface area contributed by atoms with Crippen LogP contribution in [-0.2, 0) is 16.4 Å². The van der Waals surface area contributed by atoms with Crippen molar-refractivity contribution in [3.05, 3.63) is 47.0 Å². The van der Waals surface area contributed by atoms with Crippen LogP contribution in [0.15, 0.2) is 35.2 Å².